The molecule has 26 heavy (non-hydrogen) atoms. The number of nitrogens with one attached hydrogen (secondary N) is 2. The fraction of sp³-hybridized carbons (Fsp3) is 0. The Morgan fingerprint density at radius 2 is 1.81 bits per heavy atom. The number of halogens is 1. The molecule has 7 heteroatoms. The molecule has 6 nitrogen and oxygen atoms in total. The minimum Gasteiger partial charge on any atom is -0.455 e. The second-order valence-electron chi connectivity index (χ2n) is 5.22. The Morgan fingerprint density at radius 1 is 1.08 bits per heavy atom. The minimum absolute atomic E-state index is 0.456. The van der Waals surface area contributed by atoms with Crippen LogP contribution in [0.2, 0.25) is 0 Å². The van der Waals surface area contributed by atoms with Crippen LogP contribution >= 0.6 is 15.9 Å². The molecule has 0 aliphatic rings. The molecule has 3 aromatic rings. The quantitative estimate of drug-likeness (QED) is 0.482. The molecule has 3 rings (SSSR count). The van der Waals surface area contributed by atoms with E-state index in [9.17, 15) is 4.79 Å². The van der Waals surface area contributed by atoms with Gasteiger partial charge in [0, 0.05) is 15.7 Å². The maximum absolute atomic E-state index is 11.8. The van der Waals surface area contributed by atoms with Gasteiger partial charge >= 0.3 is 6.03 Å². The third-order valence-corrected chi connectivity index (χ3v) is 3.91. The molecule has 0 saturated heterocycles. The molecule has 0 radical (unpaired) electrons. The maximum Gasteiger partial charge on any atom is 0.339 e. The Labute approximate surface area is 158 Å². The highest BCUT2D eigenvalue weighted by Crippen LogP contribution is 2.21. The van der Waals surface area contributed by atoms with Gasteiger partial charge in [0.25, 0.3) is 0 Å². The second kappa shape index (κ2) is 8.14. The number of urea groups is 1. The van der Waals surface area contributed by atoms with E-state index in [2.05, 4.69) is 37.8 Å². The lowest BCUT2D eigenvalue weighted by Gasteiger charge is -2.03. The third kappa shape index (κ3) is 4.59. The summed E-state index contributed by atoms with van der Waals surface area (Å²) in [6.45, 7) is 0. The highest BCUT2D eigenvalue weighted by Gasteiger charge is 2.04. The van der Waals surface area contributed by atoms with Crippen LogP contribution in [0.5, 0.6) is 0 Å². The van der Waals surface area contributed by atoms with E-state index >= 15 is 0 Å². The van der Waals surface area contributed by atoms with Crippen molar-refractivity contribution in [1.29, 1.82) is 5.26 Å². The van der Waals surface area contributed by atoms with Gasteiger partial charge in [0.2, 0.25) is 0 Å². The number of carbonyl (C=O) groups is 1. The Balaban J connectivity index is 1.57. The van der Waals surface area contributed by atoms with E-state index in [0.717, 1.165) is 10.0 Å². The first kappa shape index (κ1) is 17.5. The fourth-order valence-electron chi connectivity index (χ4n) is 2.13. The predicted octanol–water partition coefficient (Wildman–Crippen LogP) is 4.74. The first-order chi connectivity index (χ1) is 12.6. The molecule has 0 aliphatic heterocycles. The van der Waals surface area contributed by atoms with Gasteiger partial charge < -0.3 is 9.73 Å². The van der Waals surface area contributed by atoms with Gasteiger partial charge in [-0.15, -0.1) is 0 Å². The van der Waals surface area contributed by atoms with Crippen molar-refractivity contribution in [3.63, 3.8) is 0 Å². The Hall–Kier alpha value is -3.37. The van der Waals surface area contributed by atoms with Crippen molar-refractivity contribution < 1.29 is 9.21 Å². The van der Waals surface area contributed by atoms with Crippen molar-refractivity contribution in [3.8, 4) is 17.4 Å². The van der Waals surface area contributed by atoms with E-state index in [4.69, 9.17) is 9.68 Å². The van der Waals surface area contributed by atoms with E-state index in [1.54, 1.807) is 36.4 Å². The zero-order valence-electron chi connectivity index (χ0n) is 13.4. The monoisotopic (exact) mass is 408 g/mol. The molecular formula is C19H13BrN4O2. The van der Waals surface area contributed by atoms with E-state index in [0.29, 0.717) is 22.8 Å². The fourth-order valence-corrected chi connectivity index (χ4v) is 2.40. The third-order valence-electron chi connectivity index (χ3n) is 3.39. The van der Waals surface area contributed by atoms with E-state index in [1.165, 1.54) is 6.21 Å². The number of amides is 2. The average molecular weight is 409 g/mol. The van der Waals surface area contributed by atoms with Crippen molar-refractivity contribution in [3.05, 3.63) is 76.5 Å². The van der Waals surface area contributed by atoms with E-state index < -0.39 is 6.03 Å². The largest absolute Gasteiger partial charge is 0.455 e. The topological polar surface area (TPSA) is 90.4 Å². The van der Waals surface area contributed by atoms with E-state index in [1.807, 2.05) is 24.3 Å². The van der Waals surface area contributed by atoms with Crippen LogP contribution in [0.3, 0.4) is 0 Å². The van der Waals surface area contributed by atoms with Gasteiger partial charge in [0.05, 0.1) is 17.8 Å². The summed E-state index contributed by atoms with van der Waals surface area (Å²) in [4.78, 5) is 11.8. The smallest absolute Gasteiger partial charge is 0.339 e. The van der Waals surface area contributed by atoms with Gasteiger partial charge in [0.1, 0.15) is 11.5 Å². The summed E-state index contributed by atoms with van der Waals surface area (Å²) >= 11 is 3.33. The second-order valence-corrected chi connectivity index (χ2v) is 6.14. The van der Waals surface area contributed by atoms with Crippen LogP contribution in [0, 0.1) is 11.3 Å². The lowest BCUT2D eigenvalue weighted by Crippen LogP contribution is -2.24. The number of hydrazone groups is 1. The van der Waals surface area contributed by atoms with Gasteiger partial charge in [-0.05, 0) is 60.7 Å². The van der Waals surface area contributed by atoms with Crippen molar-refractivity contribution >= 4 is 33.9 Å². The van der Waals surface area contributed by atoms with Crippen LogP contribution in [-0.4, -0.2) is 12.2 Å². The average Bonchev–Trinajstić information content (AvgIpc) is 3.12. The number of anilines is 1. The zero-order valence-corrected chi connectivity index (χ0v) is 15.0. The molecule has 0 bridgehead atoms. The molecule has 128 valence electrons. The number of hydrogen-bond donors (Lipinski definition) is 2. The Kier molecular flexibility index (Phi) is 5.46. The lowest BCUT2D eigenvalue weighted by molar-refractivity contribution is 0.252. The highest BCUT2D eigenvalue weighted by atomic mass is 79.9. The van der Waals surface area contributed by atoms with Crippen molar-refractivity contribution in [2.24, 2.45) is 5.10 Å². The molecule has 0 aliphatic carbocycles. The van der Waals surface area contributed by atoms with Crippen LogP contribution in [0.1, 0.15) is 11.3 Å². The number of rotatable bonds is 4. The Bertz CT molecular complexity index is 970. The number of hydrogen-bond acceptors (Lipinski definition) is 4. The minimum atomic E-state index is -0.456. The zero-order chi connectivity index (χ0) is 18.4. The highest BCUT2D eigenvalue weighted by molar-refractivity contribution is 9.10. The molecule has 0 spiro atoms. The molecule has 0 atom stereocenters. The number of furan rings is 1. The summed E-state index contributed by atoms with van der Waals surface area (Å²) in [5, 5.41) is 15.3. The summed E-state index contributed by atoms with van der Waals surface area (Å²) in [7, 11) is 0. The van der Waals surface area contributed by atoms with Gasteiger partial charge in [-0.1, -0.05) is 15.9 Å². The normalized spacial score (nSPS) is 10.5. The summed E-state index contributed by atoms with van der Waals surface area (Å²) < 4.78 is 6.58. The summed E-state index contributed by atoms with van der Waals surface area (Å²) in [6.07, 6.45) is 1.41. The van der Waals surface area contributed by atoms with Gasteiger partial charge in [-0.2, -0.15) is 10.4 Å². The Morgan fingerprint density at radius 3 is 2.50 bits per heavy atom. The van der Waals surface area contributed by atoms with E-state index in [-0.39, 0.29) is 0 Å². The van der Waals surface area contributed by atoms with Crippen LogP contribution in [-0.2, 0) is 0 Å². The molecule has 1 aromatic heterocycles. The standard InChI is InChI=1S/C19H13BrN4O2/c20-15-5-7-16(8-6-15)23-19(25)24-22-12-17-9-10-18(26-17)14-3-1-13(11-21)2-4-14/h1-10,12H,(H2,23,24,25)/b22-12-. The molecule has 0 fully saturated rings. The SMILES string of the molecule is N#Cc1ccc(-c2ccc(/C=N\NC(=O)Nc3ccc(Br)cc3)o2)cc1. The molecule has 0 unspecified atom stereocenters. The van der Waals surface area contributed by atoms with Crippen molar-refractivity contribution in [2.75, 3.05) is 5.32 Å². The predicted molar refractivity (Wildman–Crippen MR) is 103 cm³/mol. The summed E-state index contributed by atoms with van der Waals surface area (Å²) in [6, 6.07) is 19.4. The first-order valence-corrected chi connectivity index (χ1v) is 8.39. The molecule has 2 amide bonds. The van der Waals surface area contributed by atoms with Gasteiger partial charge in [-0.25, -0.2) is 10.2 Å². The van der Waals surface area contributed by atoms with Crippen LogP contribution < -0.4 is 10.7 Å². The molecular weight excluding hydrogens is 396 g/mol. The number of benzene rings is 2. The lowest BCUT2D eigenvalue weighted by atomic mass is 10.1. The summed E-state index contributed by atoms with van der Waals surface area (Å²) in [5.74, 6) is 1.14. The molecule has 2 aromatic carbocycles. The van der Waals surface area contributed by atoms with Crippen LogP contribution in [0.25, 0.3) is 11.3 Å². The molecule has 1 heterocycles. The van der Waals surface area contributed by atoms with Crippen LogP contribution in [0.15, 0.2) is 74.7 Å². The van der Waals surface area contributed by atoms with Gasteiger partial charge in [-0.3, -0.25) is 0 Å². The van der Waals surface area contributed by atoms with Crippen LogP contribution in [0.4, 0.5) is 10.5 Å². The molecule has 0 saturated carbocycles. The van der Waals surface area contributed by atoms with Gasteiger partial charge in [0.15, 0.2) is 0 Å². The van der Waals surface area contributed by atoms with Crippen molar-refractivity contribution in [2.45, 2.75) is 0 Å². The maximum atomic E-state index is 11.8. The number of carbonyl (C=O) groups excluding carboxylic acids is 1. The molecule has 2 N–H and O–H groups in total. The summed E-state index contributed by atoms with van der Waals surface area (Å²) in [5.41, 5.74) is 4.46. The van der Waals surface area contributed by atoms with Crippen molar-refractivity contribution in [1.82, 2.24) is 5.43 Å². The number of nitrogens with zero attached hydrogens (tertiary/aromatic N) is 2. The first-order valence-electron chi connectivity index (χ1n) is 7.60. The number of nitriles is 1.